The van der Waals surface area contributed by atoms with Gasteiger partial charge in [-0.15, -0.1) is 0 Å². The summed E-state index contributed by atoms with van der Waals surface area (Å²) in [6.07, 6.45) is -0.0154. The van der Waals surface area contributed by atoms with E-state index < -0.39 is 37.0 Å². The van der Waals surface area contributed by atoms with Gasteiger partial charge in [0.1, 0.15) is 19.2 Å². The van der Waals surface area contributed by atoms with Crippen molar-refractivity contribution in [1.82, 2.24) is 4.90 Å². The minimum Gasteiger partial charge on any atom is -0.480 e. The molecule has 1 amide bonds. The molecule has 17 heavy (non-hydrogen) atoms. The van der Waals surface area contributed by atoms with E-state index in [-0.39, 0.29) is 5.92 Å². The van der Waals surface area contributed by atoms with Crippen molar-refractivity contribution in [1.29, 1.82) is 0 Å². The smallest absolute Gasteiger partial charge is 0.323 e. The molecule has 0 aromatic carbocycles. The van der Waals surface area contributed by atoms with Gasteiger partial charge in [0.2, 0.25) is 0 Å². The Morgan fingerprint density at radius 2 is 1.76 bits per heavy atom. The summed E-state index contributed by atoms with van der Waals surface area (Å²) < 4.78 is 5.19. The number of aliphatic carboxylic acids is 2. The molecule has 0 saturated carbocycles. The molecule has 2 atom stereocenters. The highest BCUT2D eigenvalue weighted by Gasteiger charge is 2.35. The maximum absolute atomic E-state index is 11.9. The lowest BCUT2D eigenvalue weighted by atomic mass is 10.0. The molecule has 2 unspecified atom stereocenters. The van der Waals surface area contributed by atoms with Gasteiger partial charge in [-0.3, -0.25) is 14.4 Å². The predicted molar refractivity (Wildman–Crippen MR) is 55.4 cm³/mol. The Kier molecular flexibility index (Phi) is 4.45. The van der Waals surface area contributed by atoms with Gasteiger partial charge in [0.05, 0.1) is 0 Å². The summed E-state index contributed by atoms with van der Waals surface area (Å²) in [6, 6.07) is 0. The van der Waals surface area contributed by atoms with Crippen LogP contribution in [0, 0.1) is 5.92 Å². The summed E-state index contributed by atoms with van der Waals surface area (Å²) in [4.78, 5) is 33.8. The highest BCUT2D eigenvalue weighted by Crippen LogP contribution is 2.21. The summed E-state index contributed by atoms with van der Waals surface area (Å²) in [5.41, 5.74) is 0. The quantitative estimate of drug-likeness (QED) is 0.670. The monoisotopic (exact) mass is 245 g/mol. The fraction of sp³-hybridized carbons (Fsp3) is 0.700. The zero-order valence-corrected chi connectivity index (χ0v) is 9.46. The van der Waals surface area contributed by atoms with Crippen molar-refractivity contribution in [3.8, 4) is 0 Å². The van der Waals surface area contributed by atoms with Gasteiger partial charge in [-0.2, -0.15) is 0 Å². The van der Waals surface area contributed by atoms with Crippen molar-refractivity contribution in [3.63, 3.8) is 0 Å². The van der Waals surface area contributed by atoms with Crippen LogP contribution in [0.3, 0.4) is 0 Å². The Bertz CT molecular complexity index is 313. The van der Waals surface area contributed by atoms with Crippen LogP contribution < -0.4 is 0 Å². The van der Waals surface area contributed by atoms with E-state index in [0.29, 0.717) is 13.0 Å². The van der Waals surface area contributed by atoms with E-state index in [0.717, 1.165) is 4.90 Å². The predicted octanol–water partition coefficient (Wildman–Crippen LogP) is -0.591. The SMILES string of the molecule is CC1CCOC1C(=O)N(CC(=O)O)CC(=O)O. The molecular weight excluding hydrogens is 230 g/mol. The topological polar surface area (TPSA) is 104 Å². The number of hydrogen-bond donors (Lipinski definition) is 2. The highest BCUT2D eigenvalue weighted by molar-refractivity contribution is 5.88. The maximum atomic E-state index is 11.9. The standard InChI is InChI=1S/C10H15NO6/c1-6-2-3-17-9(6)10(16)11(4-7(12)13)5-8(14)15/h6,9H,2-5H2,1H3,(H,12,13)(H,14,15). The molecule has 1 fully saturated rings. The third-order valence-electron chi connectivity index (χ3n) is 2.59. The minimum absolute atomic E-state index is 0.0208. The van der Waals surface area contributed by atoms with Crippen molar-refractivity contribution < 1.29 is 29.3 Å². The first-order chi connectivity index (χ1) is 7.91. The number of carbonyl (C=O) groups is 3. The van der Waals surface area contributed by atoms with E-state index in [1.165, 1.54) is 0 Å². The summed E-state index contributed by atoms with van der Waals surface area (Å²) in [5.74, 6) is -3.08. The van der Waals surface area contributed by atoms with Gasteiger partial charge in [-0.25, -0.2) is 0 Å². The third kappa shape index (κ3) is 3.70. The van der Waals surface area contributed by atoms with Crippen molar-refractivity contribution in [2.45, 2.75) is 19.4 Å². The molecule has 7 nitrogen and oxygen atoms in total. The highest BCUT2D eigenvalue weighted by atomic mass is 16.5. The zero-order valence-electron chi connectivity index (χ0n) is 9.46. The number of hydrogen-bond acceptors (Lipinski definition) is 4. The van der Waals surface area contributed by atoms with Crippen molar-refractivity contribution in [3.05, 3.63) is 0 Å². The molecule has 2 N–H and O–H groups in total. The molecule has 1 aliphatic rings. The molecule has 0 aromatic heterocycles. The lowest BCUT2D eigenvalue weighted by Gasteiger charge is -2.23. The van der Waals surface area contributed by atoms with Crippen LogP contribution in [-0.2, 0) is 19.1 Å². The van der Waals surface area contributed by atoms with E-state index in [2.05, 4.69) is 0 Å². The van der Waals surface area contributed by atoms with E-state index in [1.807, 2.05) is 6.92 Å². The lowest BCUT2D eigenvalue weighted by Crippen LogP contribution is -2.46. The van der Waals surface area contributed by atoms with Gasteiger partial charge in [0.25, 0.3) is 5.91 Å². The van der Waals surface area contributed by atoms with Gasteiger partial charge >= 0.3 is 11.9 Å². The second kappa shape index (κ2) is 5.62. The van der Waals surface area contributed by atoms with Crippen LogP contribution in [0.15, 0.2) is 0 Å². The number of rotatable bonds is 5. The van der Waals surface area contributed by atoms with Crippen LogP contribution >= 0.6 is 0 Å². The largest absolute Gasteiger partial charge is 0.480 e. The Labute approximate surface area is 98.0 Å². The number of carbonyl (C=O) groups excluding carboxylic acids is 1. The van der Waals surface area contributed by atoms with Gasteiger partial charge in [-0.1, -0.05) is 6.92 Å². The molecule has 1 rings (SSSR count). The molecule has 1 aliphatic heterocycles. The average Bonchev–Trinajstić information content (AvgIpc) is 2.61. The molecule has 0 aliphatic carbocycles. The lowest BCUT2D eigenvalue weighted by molar-refractivity contribution is -0.154. The number of nitrogens with zero attached hydrogens (tertiary/aromatic N) is 1. The van der Waals surface area contributed by atoms with Crippen LogP contribution in [0.4, 0.5) is 0 Å². The third-order valence-corrected chi connectivity index (χ3v) is 2.59. The minimum atomic E-state index is -1.25. The van der Waals surface area contributed by atoms with Crippen molar-refractivity contribution >= 4 is 17.8 Å². The van der Waals surface area contributed by atoms with Crippen LogP contribution in [-0.4, -0.2) is 58.8 Å². The van der Waals surface area contributed by atoms with E-state index in [4.69, 9.17) is 14.9 Å². The average molecular weight is 245 g/mol. The van der Waals surface area contributed by atoms with Crippen LogP contribution in [0.25, 0.3) is 0 Å². The summed E-state index contributed by atoms with van der Waals surface area (Å²) in [6.45, 7) is 0.996. The summed E-state index contributed by atoms with van der Waals surface area (Å²) in [7, 11) is 0. The summed E-state index contributed by atoms with van der Waals surface area (Å²) >= 11 is 0. The second-order valence-electron chi connectivity index (χ2n) is 4.04. The molecular formula is C10H15NO6. The van der Waals surface area contributed by atoms with E-state index >= 15 is 0 Å². The Morgan fingerprint density at radius 3 is 2.12 bits per heavy atom. The molecule has 96 valence electrons. The van der Waals surface area contributed by atoms with Gasteiger partial charge in [0, 0.05) is 6.61 Å². The first kappa shape index (κ1) is 13.4. The molecule has 1 saturated heterocycles. The van der Waals surface area contributed by atoms with Gasteiger partial charge in [-0.05, 0) is 12.3 Å². The zero-order chi connectivity index (χ0) is 13.0. The Morgan fingerprint density at radius 1 is 1.24 bits per heavy atom. The van der Waals surface area contributed by atoms with Crippen LogP contribution in [0.1, 0.15) is 13.3 Å². The molecule has 0 radical (unpaired) electrons. The number of carboxylic acids is 2. The summed E-state index contributed by atoms with van der Waals surface area (Å²) in [5, 5.41) is 17.3. The van der Waals surface area contributed by atoms with Crippen molar-refractivity contribution in [2.24, 2.45) is 5.92 Å². The maximum Gasteiger partial charge on any atom is 0.323 e. The van der Waals surface area contributed by atoms with Crippen molar-refractivity contribution in [2.75, 3.05) is 19.7 Å². The Balaban J connectivity index is 2.70. The van der Waals surface area contributed by atoms with Crippen LogP contribution in [0.5, 0.6) is 0 Å². The normalized spacial score (nSPS) is 23.4. The number of ether oxygens (including phenoxy) is 1. The van der Waals surface area contributed by atoms with E-state index in [1.54, 1.807) is 0 Å². The molecule has 0 aromatic rings. The van der Waals surface area contributed by atoms with Crippen LogP contribution in [0.2, 0.25) is 0 Å². The fourth-order valence-corrected chi connectivity index (χ4v) is 1.73. The second-order valence-corrected chi connectivity index (χ2v) is 4.04. The van der Waals surface area contributed by atoms with Gasteiger partial charge < -0.3 is 19.8 Å². The number of amides is 1. The molecule has 1 heterocycles. The molecule has 7 heteroatoms. The molecule has 0 bridgehead atoms. The molecule has 0 spiro atoms. The van der Waals surface area contributed by atoms with E-state index in [9.17, 15) is 14.4 Å². The fourth-order valence-electron chi connectivity index (χ4n) is 1.73. The number of carboxylic acid groups (broad SMARTS) is 2. The first-order valence-electron chi connectivity index (χ1n) is 5.25. The van der Waals surface area contributed by atoms with Gasteiger partial charge in [0.15, 0.2) is 0 Å². The first-order valence-corrected chi connectivity index (χ1v) is 5.25. The Hall–Kier alpha value is -1.63.